The number of aliphatic carboxylic acids is 1. The molecule has 1 N–H and O–H groups in total. The molecular weight excluding hydrogens is 288 g/mol. The third-order valence-electron chi connectivity index (χ3n) is 3.12. The smallest absolute Gasteiger partial charge is 0.310 e. The summed E-state index contributed by atoms with van der Waals surface area (Å²) < 4.78 is 7.50. The summed E-state index contributed by atoms with van der Waals surface area (Å²) in [4.78, 5) is 16.6. The minimum absolute atomic E-state index is 0.482. The largest absolute Gasteiger partial charge is 0.493 e. The van der Waals surface area contributed by atoms with Crippen molar-refractivity contribution in [1.29, 1.82) is 0 Å². The molecule has 0 aliphatic heterocycles. The third-order valence-corrected chi connectivity index (χ3v) is 3.97. The first kappa shape index (κ1) is 15.3. The Morgan fingerprint density at radius 2 is 2.29 bits per heavy atom. The number of ether oxygens (including phenoxy) is 1. The van der Waals surface area contributed by atoms with Crippen LogP contribution in [0.1, 0.15) is 25.3 Å². The average molecular weight is 306 g/mol. The summed E-state index contributed by atoms with van der Waals surface area (Å²) in [6.45, 7) is 4.00. The molecule has 0 aliphatic carbocycles. The number of carboxylic acids is 1. The van der Waals surface area contributed by atoms with E-state index in [1.54, 1.807) is 30.4 Å². The zero-order valence-electron chi connectivity index (χ0n) is 12.2. The van der Waals surface area contributed by atoms with Crippen LogP contribution in [0.25, 0.3) is 0 Å². The number of benzene rings is 1. The minimum atomic E-state index is -0.870. The zero-order chi connectivity index (χ0) is 15.4. The molecule has 1 atom stereocenters. The van der Waals surface area contributed by atoms with Crippen molar-refractivity contribution in [3.05, 3.63) is 40.1 Å². The highest BCUT2D eigenvalue weighted by atomic mass is 32.1. The molecule has 112 valence electrons. The molecule has 2 aromatic rings. The topological polar surface area (TPSA) is 63.8 Å². The molecule has 2 rings (SSSR count). The van der Waals surface area contributed by atoms with Crippen LogP contribution in [0.3, 0.4) is 0 Å². The molecule has 21 heavy (non-hydrogen) atoms. The molecule has 0 spiro atoms. The molecule has 0 aliphatic rings. The van der Waals surface area contributed by atoms with Crippen LogP contribution in [0.5, 0.6) is 5.75 Å². The second-order valence-electron chi connectivity index (χ2n) is 4.62. The van der Waals surface area contributed by atoms with Crippen LogP contribution >= 0.6 is 11.3 Å². The molecule has 1 aromatic carbocycles. The van der Waals surface area contributed by atoms with E-state index < -0.39 is 11.9 Å². The molecular formula is C15H18N2O3S. The molecule has 0 radical (unpaired) electrons. The van der Waals surface area contributed by atoms with Crippen LogP contribution in [-0.4, -0.2) is 22.2 Å². The minimum Gasteiger partial charge on any atom is -0.493 e. The first-order valence-electron chi connectivity index (χ1n) is 6.67. The normalized spacial score (nSPS) is 13.2. The van der Waals surface area contributed by atoms with Gasteiger partial charge < -0.3 is 14.4 Å². The van der Waals surface area contributed by atoms with Crippen LogP contribution in [0.15, 0.2) is 34.8 Å². The van der Waals surface area contributed by atoms with Crippen LogP contribution in [0.2, 0.25) is 0 Å². The SMILES string of the molecule is CCOc1cc(/N=c2\sccn2C)ccc1C(C)C(=O)O. The van der Waals surface area contributed by atoms with Crippen molar-refractivity contribution < 1.29 is 14.6 Å². The summed E-state index contributed by atoms with van der Waals surface area (Å²) in [5.74, 6) is -0.906. The van der Waals surface area contributed by atoms with Gasteiger partial charge in [0.25, 0.3) is 0 Å². The highest BCUT2D eigenvalue weighted by molar-refractivity contribution is 7.07. The molecule has 1 aromatic heterocycles. The summed E-state index contributed by atoms with van der Waals surface area (Å²) in [7, 11) is 1.93. The van der Waals surface area contributed by atoms with Gasteiger partial charge in [0.15, 0.2) is 4.80 Å². The highest BCUT2D eigenvalue weighted by Gasteiger charge is 2.18. The summed E-state index contributed by atoms with van der Waals surface area (Å²) in [6.07, 6.45) is 1.94. The van der Waals surface area contributed by atoms with Gasteiger partial charge in [-0.3, -0.25) is 4.79 Å². The van der Waals surface area contributed by atoms with Gasteiger partial charge >= 0.3 is 5.97 Å². The average Bonchev–Trinajstić information content (AvgIpc) is 2.84. The van der Waals surface area contributed by atoms with E-state index in [4.69, 9.17) is 9.84 Å². The van der Waals surface area contributed by atoms with Crippen molar-refractivity contribution >= 4 is 23.0 Å². The fourth-order valence-electron chi connectivity index (χ4n) is 1.91. The Hall–Kier alpha value is -2.08. The number of carbonyl (C=O) groups is 1. The maximum absolute atomic E-state index is 11.2. The van der Waals surface area contributed by atoms with Gasteiger partial charge in [0.1, 0.15) is 5.75 Å². The second-order valence-corrected chi connectivity index (χ2v) is 5.50. The second kappa shape index (κ2) is 6.58. The summed E-state index contributed by atoms with van der Waals surface area (Å²) in [5.41, 5.74) is 1.41. The number of nitrogens with zero attached hydrogens (tertiary/aromatic N) is 2. The number of hydrogen-bond acceptors (Lipinski definition) is 4. The van der Waals surface area contributed by atoms with Gasteiger partial charge in [-0.25, -0.2) is 4.99 Å². The number of carboxylic acid groups (broad SMARTS) is 1. The molecule has 5 nitrogen and oxygen atoms in total. The van der Waals surface area contributed by atoms with Crippen LogP contribution in [-0.2, 0) is 11.8 Å². The Balaban J connectivity index is 2.46. The molecule has 0 bridgehead atoms. The van der Waals surface area contributed by atoms with E-state index in [-0.39, 0.29) is 0 Å². The summed E-state index contributed by atoms with van der Waals surface area (Å²) in [5, 5.41) is 11.1. The molecule has 6 heteroatoms. The molecule has 1 unspecified atom stereocenters. The van der Waals surface area contributed by atoms with Gasteiger partial charge in [-0.15, -0.1) is 11.3 Å². The number of aromatic nitrogens is 1. The summed E-state index contributed by atoms with van der Waals surface area (Å²) >= 11 is 1.54. The van der Waals surface area contributed by atoms with Gasteiger partial charge in [0, 0.05) is 30.3 Å². The predicted molar refractivity (Wildman–Crippen MR) is 82.2 cm³/mol. The van der Waals surface area contributed by atoms with Crippen molar-refractivity contribution in [2.24, 2.45) is 12.0 Å². The lowest BCUT2D eigenvalue weighted by Crippen LogP contribution is -2.10. The fourth-order valence-corrected chi connectivity index (χ4v) is 2.66. The van der Waals surface area contributed by atoms with Crippen molar-refractivity contribution in [2.45, 2.75) is 19.8 Å². The van der Waals surface area contributed by atoms with Crippen LogP contribution in [0, 0.1) is 0 Å². The van der Waals surface area contributed by atoms with E-state index in [2.05, 4.69) is 4.99 Å². The lowest BCUT2D eigenvalue weighted by Gasteiger charge is -2.13. The van der Waals surface area contributed by atoms with Crippen LogP contribution in [0.4, 0.5) is 5.69 Å². The van der Waals surface area contributed by atoms with E-state index >= 15 is 0 Å². The van der Waals surface area contributed by atoms with E-state index in [0.717, 1.165) is 10.5 Å². The maximum Gasteiger partial charge on any atom is 0.310 e. The van der Waals surface area contributed by atoms with Crippen LogP contribution < -0.4 is 9.54 Å². The van der Waals surface area contributed by atoms with Gasteiger partial charge in [-0.05, 0) is 19.9 Å². The van der Waals surface area contributed by atoms with Gasteiger partial charge in [-0.1, -0.05) is 6.07 Å². The Labute approximate surface area is 127 Å². The quantitative estimate of drug-likeness (QED) is 0.923. The molecule has 0 amide bonds. The molecule has 0 fully saturated rings. The maximum atomic E-state index is 11.2. The Kier molecular flexibility index (Phi) is 4.80. The fraction of sp³-hybridized carbons (Fsp3) is 0.333. The molecule has 0 saturated heterocycles. The van der Waals surface area contributed by atoms with Crippen molar-refractivity contribution in [1.82, 2.24) is 4.57 Å². The van der Waals surface area contributed by atoms with Gasteiger partial charge in [0.2, 0.25) is 0 Å². The summed E-state index contributed by atoms with van der Waals surface area (Å²) in [6, 6.07) is 5.38. The Morgan fingerprint density at radius 3 is 2.86 bits per heavy atom. The Morgan fingerprint density at radius 1 is 1.52 bits per heavy atom. The van der Waals surface area contributed by atoms with Crippen molar-refractivity contribution in [2.75, 3.05) is 6.61 Å². The van der Waals surface area contributed by atoms with Gasteiger partial charge in [0.05, 0.1) is 18.2 Å². The monoisotopic (exact) mass is 306 g/mol. The first-order chi connectivity index (χ1) is 10.0. The van der Waals surface area contributed by atoms with E-state index in [0.29, 0.717) is 17.9 Å². The number of rotatable bonds is 5. The highest BCUT2D eigenvalue weighted by Crippen LogP contribution is 2.31. The molecule has 1 heterocycles. The molecule has 0 saturated carbocycles. The third kappa shape index (κ3) is 3.52. The van der Waals surface area contributed by atoms with Crippen molar-refractivity contribution in [3.8, 4) is 5.75 Å². The Bertz CT molecular complexity index is 703. The number of thiazole rings is 1. The van der Waals surface area contributed by atoms with E-state index in [1.807, 2.05) is 36.2 Å². The van der Waals surface area contributed by atoms with E-state index in [1.165, 1.54) is 0 Å². The number of aryl methyl sites for hydroxylation is 1. The lowest BCUT2D eigenvalue weighted by molar-refractivity contribution is -0.138. The van der Waals surface area contributed by atoms with Crippen molar-refractivity contribution in [3.63, 3.8) is 0 Å². The first-order valence-corrected chi connectivity index (χ1v) is 7.55. The standard InChI is InChI=1S/C15H18N2O3S/c1-4-20-13-9-11(16-15-17(3)7-8-21-15)5-6-12(13)10(2)14(18)19/h5-10H,4H2,1-3H3,(H,18,19)/b16-15-. The number of hydrogen-bond donors (Lipinski definition) is 1. The zero-order valence-corrected chi connectivity index (χ0v) is 13.1. The van der Waals surface area contributed by atoms with Gasteiger partial charge in [-0.2, -0.15) is 0 Å². The lowest BCUT2D eigenvalue weighted by atomic mass is 10.00. The van der Waals surface area contributed by atoms with E-state index in [9.17, 15) is 4.79 Å². The predicted octanol–water partition coefficient (Wildman–Crippen LogP) is 2.91.